The van der Waals surface area contributed by atoms with E-state index < -0.39 is 5.97 Å². The van der Waals surface area contributed by atoms with Gasteiger partial charge in [-0.15, -0.1) is 0 Å². The Morgan fingerprint density at radius 2 is 1.57 bits per heavy atom. The zero-order chi connectivity index (χ0) is 15.1. The maximum Gasteiger partial charge on any atom is 0.335 e. The Kier molecular flexibility index (Phi) is 5.60. The third-order valence-corrected chi connectivity index (χ3v) is 3.79. The van der Waals surface area contributed by atoms with Crippen LogP contribution in [-0.2, 0) is 6.54 Å². The minimum atomic E-state index is -0.939. The van der Waals surface area contributed by atoms with E-state index in [9.17, 15) is 9.59 Å². The van der Waals surface area contributed by atoms with Crippen LogP contribution in [0.25, 0.3) is 0 Å². The highest BCUT2D eigenvalue weighted by atomic mass is 16.4. The molecule has 2 amide bonds. The standard InChI is InChI=1S/C16H22N2O3/c19-15(20)14-8-6-13(7-9-14)12-17-16(21)18-10-4-2-1-3-5-11-18/h6-9H,1-5,10-12H2,(H,17,21)(H,19,20). The molecule has 21 heavy (non-hydrogen) atoms. The second-order valence-corrected chi connectivity index (χ2v) is 5.42. The van der Waals surface area contributed by atoms with E-state index in [2.05, 4.69) is 5.32 Å². The Bertz CT molecular complexity index is 477. The van der Waals surface area contributed by atoms with Crippen molar-refractivity contribution in [3.63, 3.8) is 0 Å². The van der Waals surface area contributed by atoms with Crippen molar-refractivity contribution in [1.29, 1.82) is 0 Å². The molecule has 0 unspecified atom stereocenters. The Balaban J connectivity index is 1.83. The number of carbonyl (C=O) groups excluding carboxylic acids is 1. The zero-order valence-electron chi connectivity index (χ0n) is 12.2. The number of carbonyl (C=O) groups is 2. The van der Waals surface area contributed by atoms with E-state index >= 15 is 0 Å². The minimum absolute atomic E-state index is 0.0285. The molecule has 2 N–H and O–H groups in total. The second kappa shape index (κ2) is 7.67. The van der Waals surface area contributed by atoms with Gasteiger partial charge in [-0.05, 0) is 30.5 Å². The van der Waals surface area contributed by atoms with E-state index in [0.29, 0.717) is 6.54 Å². The SMILES string of the molecule is O=C(O)c1ccc(CNC(=O)N2CCCCCCC2)cc1. The van der Waals surface area contributed by atoms with E-state index in [-0.39, 0.29) is 11.6 Å². The quantitative estimate of drug-likeness (QED) is 0.899. The van der Waals surface area contributed by atoms with Crippen LogP contribution in [0.2, 0.25) is 0 Å². The van der Waals surface area contributed by atoms with Gasteiger partial charge in [0.15, 0.2) is 0 Å². The lowest BCUT2D eigenvalue weighted by Gasteiger charge is -2.25. The number of urea groups is 1. The Morgan fingerprint density at radius 3 is 2.14 bits per heavy atom. The molecule has 2 rings (SSSR count). The number of hydrogen-bond donors (Lipinski definition) is 2. The first-order valence-corrected chi connectivity index (χ1v) is 7.52. The van der Waals surface area contributed by atoms with Gasteiger partial charge < -0.3 is 15.3 Å². The first kappa shape index (κ1) is 15.4. The zero-order valence-corrected chi connectivity index (χ0v) is 12.2. The number of amides is 2. The number of nitrogens with one attached hydrogen (secondary N) is 1. The fraction of sp³-hybridized carbons (Fsp3) is 0.500. The summed E-state index contributed by atoms with van der Waals surface area (Å²) in [7, 11) is 0. The average molecular weight is 290 g/mol. The van der Waals surface area contributed by atoms with Crippen LogP contribution in [-0.4, -0.2) is 35.1 Å². The highest BCUT2D eigenvalue weighted by Crippen LogP contribution is 2.11. The summed E-state index contributed by atoms with van der Waals surface area (Å²) in [6.07, 6.45) is 5.80. The largest absolute Gasteiger partial charge is 0.478 e. The van der Waals surface area contributed by atoms with E-state index in [1.165, 1.54) is 19.3 Å². The molecule has 0 aromatic heterocycles. The number of carboxylic acids is 1. The normalized spacial score (nSPS) is 15.9. The molecule has 114 valence electrons. The number of benzene rings is 1. The first-order valence-electron chi connectivity index (χ1n) is 7.52. The molecule has 0 spiro atoms. The molecule has 5 heteroatoms. The predicted octanol–water partition coefficient (Wildman–Crippen LogP) is 2.86. The Morgan fingerprint density at radius 1 is 1.00 bits per heavy atom. The molecule has 0 bridgehead atoms. The van der Waals surface area contributed by atoms with Crippen LogP contribution < -0.4 is 5.32 Å². The lowest BCUT2D eigenvalue weighted by molar-refractivity contribution is 0.0697. The van der Waals surface area contributed by atoms with Crippen LogP contribution in [0, 0.1) is 0 Å². The number of carboxylic acid groups (broad SMARTS) is 1. The maximum atomic E-state index is 12.1. The molecule has 1 fully saturated rings. The van der Waals surface area contributed by atoms with Gasteiger partial charge in [0.2, 0.25) is 0 Å². The molecular weight excluding hydrogens is 268 g/mol. The van der Waals surface area contributed by atoms with Crippen LogP contribution >= 0.6 is 0 Å². The van der Waals surface area contributed by atoms with Crippen molar-refractivity contribution >= 4 is 12.0 Å². The molecule has 1 aliphatic heterocycles. The van der Waals surface area contributed by atoms with Crippen LogP contribution in [0.1, 0.15) is 48.0 Å². The molecule has 1 heterocycles. The van der Waals surface area contributed by atoms with E-state index in [0.717, 1.165) is 31.5 Å². The number of likely N-dealkylation sites (tertiary alicyclic amines) is 1. The van der Waals surface area contributed by atoms with Crippen LogP contribution in [0.4, 0.5) is 4.79 Å². The van der Waals surface area contributed by atoms with E-state index in [1.807, 2.05) is 4.90 Å². The molecule has 1 saturated heterocycles. The third-order valence-electron chi connectivity index (χ3n) is 3.79. The molecular formula is C16H22N2O3. The molecule has 0 radical (unpaired) electrons. The molecule has 5 nitrogen and oxygen atoms in total. The summed E-state index contributed by atoms with van der Waals surface area (Å²) < 4.78 is 0. The summed E-state index contributed by atoms with van der Waals surface area (Å²) in [6.45, 7) is 2.07. The van der Waals surface area contributed by atoms with Crippen LogP contribution in [0.3, 0.4) is 0 Å². The third kappa shape index (κ3) is 4.77. The van der Waals surface area contributed by atoms with Crippen molar-refractivity contribution < 1.29 is 14.7 Å². The van der Waals surface area contributed by atoms with E-state index in [1.54, 1.807) is 24.3 Å². The summed E-state index contributed by atoms with van der Waals surface area (Å²) in [6, 6.07) is 6.55. The van der Waals surface area contributed by atoms with Gasteiger partial charge in [-0.1, -0.05) is 31.4 Å². The smallest absolute Gasteiger partial charge is 0.335 e. The summed E-state index contributed by atoms with van der Waals surface area (Å²) in [5, 5.41) is 11.7. The number of aromatic carboxylic acids is 1. The highest BCUT2D eigenvalue weighted by Gasteiger charge is 2.14. The molecule has 0 saturated carbocycles. The molecule has 1 aliphatic rings. The first-order chi connectivity index (χ1) is 10.2. The van der Waals surface area contributed by atoms with Crippen molar-refractivity contribution in [1.82, 2.24) is 10.2 Å². The molecule has 0 atom stereocenters. The Hall–Kier alpha value is -2.04. The fourth-order valence-electron chi connectivity index (χ4n) is 2.51. The molecule has 1 aromatic carbocycles. The fourth-order valence-corrected chi connectivity index (χ4v) is 2.51. The monoisotopic (exact) mass is 290 g/mol. The number of rotatable bonds is 3. The van der Waals surface area contributed by atoms with Gasteiger partial charge in [0.25, 0.3) is 0 Å². The predicted molar refractivity (Wildman–Crippen MR) is 80.3 cm³/mol. The second-order valence-electron chi connectivity index (χ2n) is 5.42. The van der Waals surface area contributed by atoms with Gasteiger partial charge in [0.05, 0.1) is 5.56 Å². The maximum absolute atomic E-state index is 12.1. The lowest BCUT2D eigenvalue weighted by atomic mass is 10.1. The topological polar surface area (TPSA) is 69.6 Å². The van der Waals surface area contributed by atoms with Crippen molar-refractivity contribution in [3.8, 4) is 0 Å². The molecule has 1 aromatic rings. The lowest BCUT2D eigenvalue weighted by Crippen LogP contribution is -2.41. The van der Waals surface area contributed by atoms with Gasteiger partial charge >= 0.3 is 12.0 Å². The number of hydrogen-bond acceptors (Lipinski definition) is 2. The highest BCUT2D eigenvalue weighted by molar-refractivity contribution is 5.87. The summed E-state index contributed by atoms with van der Waals surface area (Å²) in [4.78, 5) is 24.8. The number of nitrogens with zero attached hydrogens (tertiary/aromatic N) is 1. The Labute approximate surface area is 125 Å². The summed E-state index contributed by atoms with van der Waals surface area (Å²) in [5.74, 6) is -0.939. The van der Waals surface area contributed by atoms with Crippen molar-refractivity contribution in [2.45, 2.75) is 38.6 Å². The summed E-state index contributed by atoms with van der Waals surface area (Å²) in [5.41, 5.74) is 1.16. The van der Waals surface area contributed by atoms with Crippen LogP contribution in [0.15, 0.2) is 24.3 Å². The van der Waals surface area contributed by atoms with Crippen molar-refractivity contribution in [2.24, 2.45) is 0 Å². The van der Waals surface area contributed by atoms with Crippen molar-refractivity contribution in [3.05, 3.63) is 35.4 Å². The van der Waals surface area contributed by atoms with Gasteiger partial charge in [-0.2, -0.15) is 0 Å². The van der Waals surface area contributed by atoms with Crippen molar-refractivity contribution in [2.75, 3.05) is 13.1 Å². The summed E-state index contributed by atoms with van der Waals surface area (Å²) >= 11 is 0. The van der Waals surface area contributed by atoms with Gasteiger partial charge in [0.1, 0.15) is 0 Å². The minimum Gasteiger partial charge on any atom is -0.478 e. The van der Waals surface area contributed by atoms with E-state index in [4.69, 9.17) is 5.11 Å². The van der Waals surface area contributed by atoms with Crippen LogP contribution in [0.5, 0.6) is 0 Å². The van der Waals surface area contributed by atoms with Gasteiger partial charge in [-0.3, -0.25) is 0 Å². The molecule has 0 aliphatic carbocycles. The average Bonchev–Trinajstić information content (AvgIpc) is 2.45. The van der Waals surface area contributed by atoms with Gasteiger partial charge in [-0.25, -0.2) is 9.59 Å². The van der Waals surface area contributed by atoms with Gasteiger partial charge in [0, 0.05) is 19.6 Å².